The van der Waals surface area contributed by atoms with Crippen LogP contribution in [0.25, 0.3) is 0 Å². The molecule has 0 aliphatic carbocycles. The first kappa shape index (κ1) is 11.3. The molecule has 0 unspecified atom stereocenters. The van der Waals surface area contributed by atoms with E-state index in [0.717, 1.165) is 18.7 Å². The molecule has 1 nitrogen and oxygen atoms in total. The summed E-state index contributed by atoms with van der Waals surface area (Å²) in [6, 6.07) is 4.48. The summed E-state index contributed by atoms with van der Waals surface area (Å²) >= 11 is 5.71. The van der Waals surface area contributed by atoms with Gasteiger partial charge in [-0.1, -0.05) is 25.4 Å². The SMILES string of the molecule is CC(C)CCNc1cc(F)cc(Cl)c1. The van der Waals surface area contributed by atoms with E-state index in [1.165, 1.54) is 12.1 Å². The van der Waals surface area contributed by atoms with E-state index in [4.69, 9.17) is 11.6 Å². The lowest BCUT2D eigenvalue weighted by atomic mass is 10.1. The zero-order valence-corrected chi connectivity index (χ0v) is 9.24. The molecule has 3 heteroatoms. The molecule has 0 heterocycles. The van der Waals surface area contributed by atoms with E-state index in [2.05, 4.69) is 19.2 Å². The molecule has 0 amide bonds. The molecule has 0 saturated carbocycles. The van der Waals surface area contributed by atoms with Crippen molar-refractivity contribution in [3.8, 4) is 0 Å². The Morgan fingerprint density at radius 3 is 2.64 bits per heavy atom. The highest BCUT2D eigenvalue weighted by Crippen LogP contribution is 2.18. The first-order valence-corrected chi connectivity index (χ1v) is 5.15. The maximum Gasteiger partial charge on any atom is 0.126 e. The van der Waals surface area contributed by atoms with Gasteiger partial charge in [-0.2, -0.15) is 0 Å². The van der Waals surface area contributed by atoms with Gasteiger partial charge < -0.3 is 5.32 Å². The fraction of sp³-hybridized carbons (Fsp3) is 0.455. The summed E-state index contributed by atoms with van der Waals surface area (Å²) in [5.74, 6) is 0.344. The van der Waals surface area contributed by atoms with Crippen LogP contribution in [-0.2, 0) is 0 Å². The molecule has 1 aromatic carbocycles. The van der Waals surface area contributed by atoms with E-state index in [1.54, 1.807) is 6.07 Å². The Balaban J connectivity index is 2.50. The van der Waals surface area contributed by atoms with Crippen molar-refractivity contribution in [1.82, 2.24) is 0 Å². The molecule has 0 radical (unpaired) electrons. The normalized spacial score (nSPS) is 10.6. The summed E-state index contributed by atoms with van der Waals surface area (Å²) in [6.45, 7) is 5.15. The molecule has 1 N–H and O–H groups in total. The number of hydrogen-bond acceptors (Lipinski definition) is 1. The van der Waals surface area contributed by atoms with Crippen molar-refractivity contribution < 1.29 is 4.39 Å². The number of hydrogen-bond donors (Lipinski definition) is 1. The maximum absolute atomic E-state index is 12.9. The Labute approximate surface area is 89.3 Å². The third kappa shape index (κ3) is 3.97. The fourth-order valence-electron chi connectivity index (χ4n) is 1.16. The molecular formula is C11H15ClFN. The second-order valence-electron chi connectivity index (χ2n) is 3.77. The molecule has 0 aliphatic heterocycles. The van der Waals surface area contributed by atoms with E-state index >= 15 is 0 Å². The van der Waals surface area contributed by atoms with Gasteiger partial charge in [0.25, 0.3) is 0 Å². The molecule has 0 aliphatic rings. The monoisotopic (exact) mass is 215 g/mol. The summed E-state index contributed by atoms with van der Waals surface area (Å²) in [6.07, 6.45) is 1.06. The predicted molar refractivity (Wildman–Crippen MR) is 59.4 cm³/mol. The molecule has 1 aromatic rings. The molecule has 0 bridgehead atoms. The van der Waals surface area contributed by atoms with Crippen LogP contribution in [-0.4, -0.2) is 6.54 Å². The quantitative estimate of drug-likeness (QED) is 0.803. The van der Waals surface area contributed by atoms with E-state index in [0.29, 0.717) is 10.9 Å². The van der Waals surface area contributed by atoms with Crippen molar-refractivity contribution in [2.75, 3.05) is 11.9 Å². The molecule has 0 saturated heterocycles. The molecule has 0 aromatic heterocycles. The van der Waals surface area contributed by atoms with Crippen LogP contribution < -0.4 is 5.32 Å². The minimum absolute atomic E-state index is 0.301. The molecule has 0 spiro atoms. The summed E-state index contributed by atoms with van der Waals surface area (Å²) < 4.78 is 12.9. The molecular weight excluding hydrogens is 201 g/mol. The topological polar surface area (TPSA) is 12.0 Å². The number of anilines is 1. The summed E-state index contributed by atoms with van der Waals surface area (Å²) in [4.78, 5) is 0. The van der Waals surface area contributed by atoms with E-state index in [-0.39, 0.29) is 5.82 Å². The zero-order valence-electron chi connectivity index (χ0n) is 8.48. The number of halogens is 2. The maximum atomic E-state index is 12.9. The molecule has 0 fully saturated rings. The van der Waals surface area contributed by atoms with Crippen molar-refractivity contribution in [3.05, 3.63) is 29.0 Å². The summed E-state index contributed by atoms with van der Waals surface area (Å²) in [5, 5.41) is 3.56. The van der Waals surface area contributed by atoms with Crippen molar-refractivity contribution >= 4 is 17.3 Å². The first-order chi connectivity index (χ1) is 6.58. The third-order valence-electron chi connectivity index (χ3n) is 1.91. The van der Waals surface area contributed by atoms with Gasteiger partial charge in [-0.05, 0) is 30.5 Å². The Morgan fingerprint density at radius 2 is 2.07 bits per heavy atom. The molecule has 14 heavy (non-hydrogen) atoms. The van der Waals surface area contributed by atoms with E-state index < -0.39 is 0 Å². The first-order valence-electron chi connectivity index (χ1n) is 4.78. The van der Waals surface area contributed by atoms with Gasteiger partial charge in [-0.25, -0.2) is 4.39 Å². The van der Waals surface area contributed by atoms with Crippen LogP contribution in [0.1, 0.15) is 20.3 Å². The number of rotatable bonds is 4. The van der Waals surface area contributed by atoms with Gasteiger partial charge in [-0.15, -0.1) is 0 Å². The van der Waals surface area contributed by atoms with Crippen LogP contribution in [0.2, 0.25) is 5.02 Å². The van der Waals surface area contributed by atoms with Gasteiger partial charge in [0, 0.05) is 17.3 Å². The van der Waals surface area contributed by atoms with Gasteiger partial charge in [-0.3, -0.25) is 0 Å². The van der Waals surface area contributed by atoms with Crippen LogP contribution in [0.4, 0.5) is 10.1 Å². The average Bonchev–Trinajstić information content (AvgIpc) is 2.01. The Hall–Kier alpha value is -0.760. The van der Waals surface area contributed by atoms with Crippen LogP contribution in [0.3, 0.4) is 0 Å². The lowest BCUT2D eigenvalue weighted by Gasteiger charge is -2.08. The van der Waals surface area contributed by atoms with Crippen LogP contribution in [0.15, 0.2) is 18.2 Å². The van der Waals surface area contributed by atoms with Crippen molar-refractivity contribution in [2.24, 2.45) is 5.92 Å². The zero-order chi connectivity index (χ0) is 10.6. The van der Waals surface area contributed by atoms with Gasteiger partial charge in [0.2, 0.25) is 0 Å². The van der Waals surface area contributed by atoms with E-state index in [1.807, 2.05) is 0 Å². The minimum Gasteiger partial charge on any atom is -0.385 e. The predicted octanol–water partition coefficient (Wildman–Crippen LogP) is 3.94. The van der Waals surface area contributed by atoms with E-state index in [9.17, 15) is 4.39 Å². The second-order valence-corrected chi connectivity index (χ2v) is 4.20. The largest absolute Gasteiger partial charge is 0.385 e. The van der Waals surface area contributed by atoms with Crippen molar-refractivity contribution in [2.45, 2.75) is 20.3 Å². The van der Waals surface area contributed by atoms with Crippen LogP contribution in [0, 0.1) is 11.7 Å². The Morgan fingerprint density at radius 1 is 1.36 bits per heavy atom. The number of benzene rings is 1. The third-order valence-corrected chi connectivity index (χ3v) is 2.13. The number of nitrogens with one attached hydrogen (secondary N) is 1. The minimum atomic E-state index is -0.301. The molecule has 1 rings (SSSR count). The second kappa shape index (κ2) is 5.20. The lowest BCUT2D eigenvalue weighted by molar-refractivity contribution is 0.606. The standard InChI is InChI=1S/C11H15ClFN/c1-8(2)3-4-14-11-6-9(12)5-10(13)7-11/h5-8,14H,3-4H2,1-2H3. The van der Waals surface area contributed by atoms with Crippen LogP contribution >= 0.6 is 11.6 Å². The highest BCUT2D eigenvalue weighted by Gasteiger charge is 1.99. The molecule has 0 atom stereocenters. The smallest absolute Gasteiger partial charge is 0.126 e. The summed E-state index contributed by atoms with van der Waals surface area (Å²) in [7, 11) is 0. The van der Waals surface area contributed by atoms with Crippen molar-refractivity contribution in [1.29, 1.82) is 0 Å². The van der Waals surface area contributed by atoms with Gasteiger partial charge in [0.15, 0.2) is 0 Å². The van der Waals surface area contributed by atoms with Gasteiger partial charge >= 0.3 is 0 Å². The fourth-order valence-corrected chi connectivity index (χ4v) is 1.38. The lowest BCUT2D eigenvalue weighted by Crippen LogP contribution is -2.04. The Kier molecular flexibility index (Phi) is 4.21. The Bertz CT molecular complexity index is 279. The highest BCUT2D eigenvalue weighted by atomic mass is 35.5. The highest BCUT2D eigenvalue weighted by molar-refractivity contribution is 6.30. The average molecular weight is 216 g/mol. The van der Waals surface area contributed by atoms with Crippen molar-refractivity contribution in [3.63, 3.8) is 0 Å². The van der Waals surface area contributed by atoms with Crippen LogP contribution in [0.5, 0.6) is 0 Å². The molecule has 78 valence electrons. The summed E-state index contributed by atoms with van der Waals surface area (Å²) in [5.41, 5.74) is 0.746. The van der Waals surface area contributed by atoms with Gasteiger partial charge in [0.1, 0.15) is 5.82 Å². The van der Waals surface area contributed by atoms with Gasteiger partial charge in [0.05, 0.1) is 0 Å².